The Morgan fingerprint density at radius 1 is 0.533 bits per heavy atom. The molecular weight excluding hydrogens is 2190 g/mol. The fourth-order valence-electron chi connectivity index (χ4n) is 12.4. The number of carbonyl (C=O) groups excluding carboxylic acids is 7. The molecule has 3 fully saturated rings. The van der Waals surface area contributed by atoms with Gasteiger partial charge in [0.25, 0.3) is 0 Å². The second-order valence-corrected chi connectivity index (χ2v) is 58.9. The van der Waals surface area contributed by atoms with E-state index in [0.717, 1.165) is 167 Å². The molecule has 0 bridgehead atoms. The van der Waals surface area contributed by atoms with Crippen LogP contribution in [0.5, 0.6) is 0 Å². The predicted molar refractivity (Wildman–Crippen MR) is 592 cm³/mol. The summed E-state index contributed by atoms with van der Waals surface area (Å²) >= 11 is 29.2. The van der Waals surface area contributed by atoms with Crippen LogP contribution in [0, 0.1) is 11.3 Å². The average Bonchev–Trinajstić information content (AvgIpc) is 1.51. The van der Waals surface area contributed by atoms with E-state index >= 15 is 0 Å². The first-order valence-corrected chi connectivity index (χ1v) is 62.1. The van der Waals surface area contributed by atoms with Gasteiger partial charge in [0.15, 0.2) is 5.78 Å². The van der Waals surface area contributed by atoms with Crippen LogP contribution in [0.25, 0.3) is 21.1 Å². The number of rotatable bonds is 18. The van der Waals surface area contributed by atoms with E-state index in [1.807, 2.05) is 154 Å². The number of Topliss-reactive ketones (excluding diaryl/α,β-unsaturated/α-hetero) is 1. The van der Waals surface area contributed by atoms with Gasteiger partial charge < -0.3 is 88.8 Å². The molecule has 4 heterocycles. The number of nitrogens with zero attached hydrogens (tertiary/aromatic N) is 8. The van der Waals surface area contributed by atoms with Gasteiger partial charge in [-0.2, -0.15) is 5.26 Å². The molecule has 6 N–H and O–H groups in total. The first-order valence-electron chi connectivity index (χ1n) is 39.9. The Bertz CT molecular complexity index is 5720. The summed E-state index contributed by atoms with van der Waals surface area (Å²) in [4.78, 5) is 102. The highest BCUT2D eigenvalue weighted by Crippen LogP contribution is 2.70. The van der Waals surface area contributed by atoms with Gasteiger partial charge in [-0.15, -0.1) is 22.7 Å². The highest BCUT2D eigenvalue weighted by Gasteiger charge is 2.46. The van der Waals surface area contributed by atoms with E-state index in [1.165, 1.54) is 93.7 Å². The molecule has 0 radical (unpaired) electrons. The van der Waals surface area contributed by atoms with Crippen LogP contribution in [-0.4, -0.2) is 220 Å². The number of aromatic nitrogens is 2. The molecule has 3 aliphatic carbocycles. The standard InChI is InChI=1S/C18H22N2O3S.C17H20N2O3S.C11H14N2O2S.C11H12N2O2.C10H12BrNO2.C8H8BrNO2.C6H8O2.C4H8O.CH4O.2CH4.P4S10/c1-20(2)14-9-8-11(10-12(14)18(21)23-4)17-19-13-6-5-7-15(22-3)16(13)24-17;1-19(2)13-8-7-10(9-11(13)17(21)22-3)16-18-12-5-4-6-14(20)15(12)23-16;1-13(2)9-5-4-7(10(12)16)6-8(9)11(14)15-3;1-13(2)10-5-4-8(7-12)6-9(10)11(14)15-3;1-12(2)9-5-4-7(11)6-8(9)10(13)14-3;1-12-8(11)6-4-5(9)2-3-7(6)10;7-4-2-1-3-5-6(4)8-5;1-2-4-5-3-1;1-2;;;5-1-4(2-6)3-8-10-12-14-13-11-9-7/h8-10,15H,5-7H2,1-4H3;7-9,14,20H,4-6H2,1-3H3;4-6H,1-3H3,(H2,12,16);4-6H,1-3H3;4-6H,1-3H3;2-4H,10H2,1H3;5-6H,1-3H2;1-4H2;2H,1H3;2*1H4;. The van der Waals surface area contributed by atoms with Crippen LogP contribution >= 0.6 is 94.9 Å². The number of halogens is 2. The Hall–Kier alpha value is -6.46. The first-order chi connectivity index (χ1) is 63.5. The van der Waals surface area contributed by atoms with Crippen molar-refractivity contribution >= 4 is 273 Å². The van der Waals surface area contributed by atoms with E-state index < -0.39 is 24.0 Å². The number of thiocarbonyl (C=S) groups is 1. The number of hydrogen-bond donors (Lipinski definition) is 4. The number of methoxy groups -OCH3 is 7. The number of benzene rings is 6. The SMILES string of the molecule is C.C.C1CCOC1.CO.COC(=O)c1cc(-c2nc3c(s2)C(O)CCC3)ccc1N(C)C.COC(=O)c1cc(-c2nc3c(s2)C(OC)CCC3)ccc1N(C)C.COC(=O)c1cc(Br)ccc1N.COC(=O)c1cc(Br)ccc1N(C)C.COC(=O)c1cc(C#N)ccc1N(C)C.COC(=O)c1cc(C(N)=S)ccc1N(C)C.O=C1CCCC2OC12.S=PP(P=S)P=S=S=S=S=S=S=S=S. The first kappa shape index (κ1) is 125. The number of ketones is 1. The molecule has 2 saturated heterocycles. The number of ether oxygens (including phenoxy) is 9. The topological polar surface area (TPSA) is 364 Å². The molecule has 47 heteroatoms. The summed E-state index contributed by atoms with van der Waals surface area (Å²) in [5.74, 6) is -1.96. The lowest BCUT2D eigenvalue weighted by Crippen LogP contribution is -2.17. The number of anilines is 6. The molecule has 0 amide bonds. The molecule has 8 aromatic rings. The summed E-state index contributed by atoms with van der Waals surface area (Å²) in [5, 5.41) is 27.6. The van der Waals surface area contributed by atoms with Gasteiger partial charge in [0.2, 0.25) is 0 Å². The second kappa shape index (κ2) is 67.0. The largest absolute Gasteiger partial charge is 0.465 e. The third-order valence-electron chi connectivity index (χ3n) is 18.9. The van der Waals surface area contributed by atoms with E-state index in [2.05, 4.69) is 46.3 Å². The number of thiazole rings is 2. The minimum atomic E-state index is -0.434. The molecule has 4 atom stereocenters. The normalized spacial score (nSPS) is 14.6. The number of fused-ring (bicyclic) bond motifs is 3. The smallest absolute Gasteiger partial charge is 0.340 e. The van der Waals surface area contributed by atoms with Crippen LogP contribution in [0.4, 0.5) is 34.1 Å². The number of nitrogen functional groups attached to an aromatic ring is 1. The quantitative estimate of drug-likeness (QED) is 0.0155. The Kier molecular flexibility index (Phi) is 61.9. The minimum Gasteiger partial charge on any atom is -0.465 e. The predicted octanol–water partition coefficient (Wildman–Crippen LogP) is 19.0. The van der Waals surface area contributed by atoms with Gasteiger partial charge in [-0.05, 0) is 247 Å². The molecule has 5 aliphatic rings. The number of esters is 6. The number of nitrogens with two attached hydrogens (primary N) is 2. The molecule has 4 unspecified atom stereocenters. The molecule has 28 nitrogen and oxygen atoms in total. The molecule has 2 aromatic heterocycles. The lowest BCUT2D eigenvalue weighted by Gasteiger charge is -2.19. The maximum Gasteiger partial charge on any atom is 0.340 e. The third kappa shape index (κ3) is 41.0. The van der Waals surface area contributed by atoms with Gasteiger partial charge in [0, 0.05) is 157 Å². The van der Waals surface area contributed by atoms with E-state index in [0.29, 0.717) is 62.1 Å². The van der Waals surface area contributed by atoms with Crippen molar-refractivity contribution in [1.29, 1.82) is 5.26 Å². The zero-order valence-corrected chi connectivity index (χ0v) is 93.8. The van der Waals surface area contributed by atoms with Crippen LogP contribution in [0.2, 0.25) is 0 Å². The van der Waals surface area contributed by atoms with Crippen LogP contribution in [0.3, 0.4) is 0 Å². The fraction of sp³-hybridized carbons (Fsp3) is 0.420. The summed E-state index contributed by atoms with van der Waals surface area (Å²) in [5.41, 5.74) is 23.4. The Balaban J connectivity index is 0.000000523. The number of aliphatic hydroxyl groups is 2. The number of carbonyl (C=O) groups is 7. The molecule has 135 heavy (non-hydrogen) atoms. The van der Waals surface area contributed by atoms with Gasteiger partial charge in [-0.3, -0.25) is 4.79 Å². The van der Waals surface area contributed by atoms with Crippen molar-refractivity contribution in [2.45, 2.75) is 110 Å². The average molecular weight is 2300 g/mol. The number of nitriles is 1. The number of epoxide rings is 1. The highest BCUT2D eigenvalue weighted by molar-refractivity contribution is 9.10. The van der Waals surface area contributed by atoms with Crippen LogP contribution in [0.1, 0.15) is 179 Å². The highest BCUT2D eigenvalue weighted by atomic mass is 79.9. The summed E-state index contributed by atoms with van der Waals surface area (Å²) in [6.45, 7) is 1.85. The van der Waals surface area contributed by atoms with E-state index in [9.17, 15) is 38.7 Å². The van der Waals surface area contributed by atoms with E-state index in [-0.39, 0.29) is 56.9 Å². The monoisotopic (exact) mass is 2300 g/mol. The lowest BCUT2D eigenvalue weighted by atomic mass is 10.00. The molecular formula is C88H116Br2N10O18P4S13. The Morgan fingerprint density at radius 2 is 0.926 bits per heavy atom. The van der Waals surface area contributed by atoms with Gasteiger partial charge in [0.05, 0.1) is 163 Å². The van der Waals surface area contributed by atoms with Crippen LogP contribution in [0.15, 0.2) is 118 Å². The van der Waals surface area contributed by atoms with Crippen molar-refractivity contribution in [3.8, 4) is 27.2 Å². The summed E-state index contributed by atoms with van der Waals surface area (Å²) in [6.07, 6.45) is 11.3. The second-order valence-electron chi connectivity index (χ2n) is 28.7. The lowest BCUT2D eigenvalue weighted by molar-refractivity contribution is -0.120. The Morgan fingerprint density at radius 3 is 1.34 bits per heavy atom. The van der Waals surface area contributed by atoms with Gasteiger partial charge >= 0.3 is 35.8 Å². The Labute approximate surface area is 863 Å². The maximum atomic E-state index is 12.1. The molecule has 0 spiro atoms. The number of aliphatic hydroxyl groups excluding tert-OH is 2. The maximum absolute atomic E-state index is 12.1. The molecule has 13 rings (SSSR count). The number of hydrogen-bond acceptors (Lipinski definition) is 33. The van der Waals surface area contributed by atoms with Gasteiger partial charge in [0.1, 0.15) is 21.1 Å². The summed E-state index contributed by atoms with van der Waals surface area (Å²) < 4.78 is 45.7. The fourth-order valence-corrected chi connectivity index (χ4v) is 51.0. The van der Waals surface area contributed by atoms with Gasteiger partial charge in [-0.1, -0.05) is 82.5 Å². The van der Waals surface area contributed by atoms with Crippen LogP contribution in [-0.2, 0) is 158 Å². The van der Waals surface area contributed by atoms with Crippen molar-refractivity contribution in [2.24, 2.45) is 5.73 Å². The van der Waals surface area contributed by atoms with Gasteiger partial charge in [-0.25, -0.2) is 38.7 Å². The zero-order chi connectivity index (χ0) is 99.1. The van der Waals surface area contributed by atoms with Crippen molar-refractivity contribution in [2.75, 3.05) is 171 Å². The van der Waals surface area contributed by atoms with Crippen LogP contribution < -0.4 is 36.0 Å². The zero-order valence-electron chi connectivity index (χ0n) is 76.4. The number of aryl methyl sites for hydroxylation is 2. The van der Waals surface area contributed by atoms with E-state index in [4.69, 9.17) is 107 Å². The van der Waals surface area contributed by atoms with Crippen molar-refractivity contribution in [3.05, 3.63) is 184 Å². The van der Waals surface area contributed by atoms with Crippen molar-refractivity contribution < 1.29 is 86.4 Å². The molecule has 738 valence electrons. The molecule has 2 aliphatic heterocycles. The molecule has 1 saturated carbocycles. The minimum absolute atomic E-state index is 0. The third-order valence-corrected chi connectivity index (χ3v) is 56.3. The molecule has 6 aromatic carbocycles. The summed E-state index contributed by atoms with van der Waals surface area (Å²) in [7, 11) is 44.8. The van der Waals surface area contributed by atoms with Crippen molar-refractivity contribution in [1.82, 2.24) is 9.97 Å². The summed E-state index contributed by atoms with van der Waals surface area (Å²) in [6, 6.07) is 34.2. The van der Waals surface area contributed by atoms with E-state index in [1.54, 1.807) is 122 Å². The van der Waals surface area contributed by atoms with Crippen molar-refractivity contribution in [3.63, 3.8) is 0 Å².